The summed E-state index contributed by atoms with van der Waals surface area (Å²) in [5.74, 6) is 0.563. The molecule has 0 fully saturated rings. The Hall–Kier alpha value is -1.62. The third-order valence-corrected chi connectivity index (χ3v) is 4.30. The van der Waals surface area contributed by atoms with Gasteiger partial charge in [-0.15, -0.1) is 0 Å². The van der Waals surface area contributed by atoms with Crippen molar-refractivity contribution in [3.8, 4) is 0 Å². The lowest BCUT2D eigenvalue weighted by Gasteiger charge is -2.07. The minimum Gasteiger partial charge on any atom is -0.398 e. The molecule has 0 aliphatic rings. The fraction of sp³-hybridized carbons (Fsp3) is 0.308. The Morgan fingerprint density at radius 2 is 2.17 bits per heavy atom. The molecular weight excluding hydrogens is 246 g/mol. The van der Waals surface area contributed by atoms with Gasteiger partial charge in [0.05, 0.1) is 15.7 Å². The molecule has 1 heterocycles. The number of hydrogen-bond acceptors (Lipinski definition) is 3. The molecule has 0 spiro atoms. The van der Waals surface area contributed by atoms with E-state index in [4.69, 9.17) is 5.73 Å². The van der Waals surface area contributed by atoms with Crippen LogP contribution in [0.5, 0.6) is 0 Å². The average Bonchev–Trinajstić information content (AvgIpc) is 2.75. The number of nitrogens with two attached hydrogens (primary N) is 1. The van der Waals surface area contributed by atoms with Crippen molar-refractivity contribution in [2.75, 3.05) is 11.5 Å². The maximum absolute atomic E-state index is 12.2. The van der Waals surface area contributed by atoms with Gasteiger partial charge in [-0.25, -0.2) is 0 Å². The van der Waals surface area contributed by atoms with Crippen molar-refractivity contribution >= 4 is 16.5 Å². The van der Waals surface area contributed by atoms with E-state index in [1.807, 2.05) is 38.2 Å². The van der Waals surface area contributed by atoms with Crippen molar-refractivity contribution in [3.05, 3.63) is 41.7 Å². The highest BCUT2D eigenvalue weighted by molar-refractivity contribution is 7.85. The van der Waals surface area contributed by atoms with Crippen molar-refractivity contribution in [1.29, 1.82) is 0 Å². The number of hydrogen-bond donors (Lipinski definition) is 1. The molecule has 0 amide bonds. The molecule has 1 aromatic heterocycles. The Morgan fingerprint density at radius 1 is 1.39 bits per heavy atom. The minimum absolute atomic E-state index is 0.563. The van der Waals surface area contributed by atoms with Crippen LogP contribution >= 0.6 is 0 Å². The second-order valence-corrected chi connectivity index (χ2v) is 5.83. The zero-order chi connectivity index (χ0) is 13.1. The average molecular weight is 263 g/mol. The SMILES string of the molecule is Cc1ccc(N)c(S(=O)CCc2ccnn2C)c1. The summed E-state index contributed by atoms with van der Waals surface area (Å²) in [7, 11) is 0.824. The molecule has 2 rings (SSSR count). The van der Waals surface area contributed by atoms with E-state index < -0.39 is 10.8 Å². The monoisotopic (exact) mass is 263 g/mol. The van der Waals surface area contributed by atoms with E-state index >= 15 is 0 Å². The Balaban J connectivity index is 2.08. The molecule has 2 N–H and O–H groups in total. The minimum atomic E-state index is -1.06. The smallest absolute Gasteiger partial charge is 0.0620 e. The fourth-order valence-corrected chi connectivity index (χ4v) is 3.06. The summed E-state index contributed by atoms with van der Waals surface area (Å²) in [6, 6.07) is 7.58. The molecule has 96 valence electrons. The highest BCUT2D eigenvalue weighted by atomic mass is 32.2. The molecule has 1 unspecified atom stereocenters. The second-order valence-electron chi connectivity index (χ2n) is 4.29. The van der Waals surface area contributed by atoms with Crippen molar-refractivity contribution < 1.29 is 4.21 Å². The predicted molar refractivity (Wildman–Crippen MR) is 73.8 cm³/mol. The van der Waals surface area contributed by atoms with E-state index in [9.17, 15) is 4.21 Å². The third kappa shape index (κ3) is 2.79. The number of nitrogens with zero attached hydrogens (tertiary/aromatic N) is 2. The quantitative estimate of drug-likeness (QED) is 0.853. The molecule has 0 saturated heterocycles. The molecule has 0 aliphatic heterocycles. The van der Waals surface area contributed by atoms with Crippen LogP contribution in [0.2, 0.25) is 0 Å². The Morgan fingerprint density at radius 3 is 2.83 bits per heavy atom. The summed E-state index contributed by atoms with van der Waals surface area (Å²) in [5.41, 5.74) is 8.61. The molecule has 1 aromatic carbocycles. The maximum Gasteiger partial charge on any atom is 0.0620 e. The molecule has 2 aromatic rings. The predicted octanol–water partition coefficient (Wildman–Crippen LogP) is 1.66. The van der Waals surface area contributed by atoms with E-state index in [0.717, 1.165) is 22.6 Å². The van der Waals surface area contributed by atoms with E-state index in [1.165, 1.54) is 0 Å². The van der Waals surface area contributed by atoms with Gasteiger partial charge in [-0.3, -0.25) is 8.89 Å². The lowest BCUT2D eigenvalue weighted by Crippen LogP contribution is -2.07. The van der Waals surface area contributed by atoms with Crippen LogP contribution in [0.4, 0.5) is 5.69 Å². The summed E-state index contributed by atoms with van der Waals surface area (Å²) < 4.78 is 14.0. The summed E-state index contributed by atoms with van der Waals surface area (Å²) in [4.78, 5) is 0.733. The van der Waals surface area contributed by atoms with E-state index in [0.29, 0.717) is 11.4 Å². The van der Waals surface area contributed by atoms with Crippen molar-refractivity contribution in [2.24, 2.45) is 7.05 Å². The van der Waals surface area contributed by atoms with Gasteiger partial charge in [-0.05, 0) is 30.7 Å². The summed E-state index contributed by atoms with van der Waals surface area (Å²) in [6.07, 6.45) is 2.48. The van der Waals surface area contributed by atoms with Crippen LogP contribution in [-0.2, 0) is 24.3 Å². The van der Waals surface area contributed by atoms with Gasteiger partial charge >= 0.3 is 0 Å². The third-order valence-electron chi connectivity index (χ3n) is 2.88. The molecular formula is C13H17N3OS. The van der Waals surface area contributed by atoms with Gasteiger partial charge in [0.25, 0.3) is 0 Å². The zero-order valence-corrected chi connectivity index (χ0v) is 11.4. The lowest BCUT2D eigenvalue weighted by atomic mass is 10.2. The zero-order valence-electron chi connectivity index (χ0n) is 10.6. The van der Waals surface area contributed by atoms with E-state index in [1.54, 1.807) is 10.9 Å². The van der Waals surface area contributed by atoms with Gasteiger partial charge in [0.15, 0.2) is 0 Å². The first-order valence-corrected chi connectivity index (χ1v) is 7.11. The Kier molecular flexibility index (Phi) is 3.81. The van der Waals surface area contributed by atoms with Crippen LogP contribution in [0, 0.1) is 6.92 Å². The van der Waals surface area contributed by atoms with E-state index in [-0.39, 0.29) is 0 Å². The number of benzene rings is 1. The van der Waals surface area contributed by atoms with Gasteiger partial charge in [0, 0.05) is 36.8 Å². The Labute approximate surface area is 109 Å². The molecule has 0 radical (unpaired) electrons. The first-order chi connectivity index (χ1) is 8.58. The normalized spacial score (nSPS) is 12.6. The molecule has 4 nitrogen and oxygen atoms in total. The second kappa shape index (κ2) is 5.35. The topological polar surface area (TPSA) is 60.9 Å². The number of aryl methyl sites for hydroxylation is 3. The first kappa shape index (κ1) is 12.8. The van der Waals surface area contributed by atoms with Gasteiger partial charge in [-0.2, -0.15) is 5.10 Å². The van der Waals surface area contributed by atoms with Crippen molar-refractivity contribution in [1.82, 2.24) is 9.78 Å². The van der Waals surface area contributed by atoms with Crippen LogP contribution in [-0.4, -0.2) is 19.7 Å². The van der Waals surface area contributed by atoms with Crippen LogP contribution in [0.1, 0.15) is 11.3 Å². The number of aromatic nitrogens is 2. The standard InChI is InChI=1S/C13H17N3OS/c1-10-3-4-12(14)13(9-10)18(17)8-6-11-5-7-15-16(11)2/h3-5,7,9H,6,8,14H2,1-2H3. The largest absolute Gasteiger partial charge is 0.398 e. The first-order valence-electron chi connectivity index (χ1n) is 5.79. The van der Waals surface area contributed by atoms with E-state index in [2.05, 4.69) is 5.10 Å². The van der Waals surface area contributed by atoms with Crippen molar-refractivity contribution in [2.45, 2.75) is 18.2 Å². The number of anilines is 1. The highest BCUT2D eigenvalue weighted by Gasteiger charge is 2.09. The van der Waals surface area contributed by atoms with Gasteiger partial charge in [0.1, 0.15) is 0 Å². The van der Waals surface area contributed by atoms with Crippen molar-refractivity contribution in [3.63, 3.8) is 0 Å². The molecule has 18 heavy (non-hydrogen) atoms. The van der Waals surface area contributed by atoms with Gasteiger partial charge in [0.2, 0.25) is 0 Å². The molecule has 0 bridgehead atoms. The fourth-order valence-electron chi connectivity index (χ4n) is 1.79. The number of rotatable bonds is 4. The summed E-state index contributed by atoms with van der Waals surface area (Å²) >= 11 is 0. The van der Waals surface area contributed by atoms with Gasteiger partial charge < -0.3 is 5.73 Å². The van der Waals surface area contributed by atoms with Crippen LogP contribution in [0.15, 0.2) is 35.4 Å². The van der Waals surface area contributed by atoms with Crippen LogP contribution in [0.3, 0.4) is 0 Å². The summed E-state index contributed by atoms with van der Waals surface area (Å²) in [6.45, 7) is 1.97. The molecule has 5 heteroatoms. The summed E-state index contributed by atoms with van der Waals surface area (Å²) in [5, 5.41) is 4.09. The maximum atomic E-state index is 12.2. The number of nitrogen functional groups attached to an aromatic ring is 1. The van der Waals surface area contributed by atoms with Crippen LogP contribution in [0.25, 0.3) is 0 Å². The Bertz CT molecular complexity index is 577. The van der Waals surface area contributed by atoms with Crippen LogP contribution < -0.4 is 5.73 Å². The van der Waals surface area contributed by atoms with Gasteiger partial charge in [-0.1, -0.05) is 6.07 Å². The highest BCUT2D eigenvalue weighted by Crippen LogP contribution is 2.18. The lowest BCUT2D eigenvalue weighted by molar-refractivity contribution is 0.678. The molecule has 0 saturated carbocycles. The molecule has 1 atom stereocenters. The molecule has 0 aliphatic carbocycles.